The van der Waals surface area contributed by atoms with Crippen molar-refractivity contribution in [1.29, 1.82) is 0 Å². The van der Waals surface area contributed by atoms with Gasteiger partial charge in [-0.1, -0.05) is 18.2 Å². The zero-order valence-electron chi connectivity index (χ0n) is 9.77. The van der Waals surface area contributed by atoms with Crippen LogP contribution in [0.25, 0.3) is 0 Å². The highest BCUT2D eigenvalue weighted by atomic mass is 32.2. The summed E-state index contributed by atoms with van der Waals surface area (Å²) in [6.07, 6.45) is 0.983. The van der Waals surface area contributed by atoms with Crippen molar-refractivity contribution in [2.24, 2.45) is 0 Å². The van der Waals surface area contributed by atoms with Crippen LogP contribution >= 0.6 is 11.3 Å². The third kappa shape index (κ3) is 3.09. The van der Waals surface area contributed by atoms with E-state index in [2.05, 4.69) is 0 Å². The molecule has 0 aliphatic carbocycles. The van der Waals surface area contributed by atoms with E-state index in [1.54, 1.807) is 30.3 Å². The largest absolute Gasteiger partial charge is 0.445 e. The number of benzene rings is 1. The minimum atomic E-state index is -3.59. The van der Waals surface area contributed by atoms with Gasteiger partial charge in [-0.05, 0) is 23.5 Å². The number of thiophene rings is 1. The second-order valence-electron chi connectivity index (χ2n) is 3.68. The van der Waals surface area contributed by atoms with Gasteiger partial charge in [0.25, 0.3) is 0 Å². The van der Waals surface area contributed by atoms with E-state index in [1.165, 1.54) is 0 Å². The number of para-hydroxylation sites is 1. The highest BCUT2D eigenvalue weighted by Crippen LogP contribution is 2.40. The van der Waals surface area contributed by atoms with Crippen molar-refractivity contribution in [2.75, 3.05) is 6.26 Å². The number of hydrogen-bond acceptors (Lipinski definition) is 6. The molecule has 1 aromatic carbocycles. The minimum Gasteiger partial charge on any atom is -0.445 e. The number of ether oxygens (including phenoxy) is 1. The second-order valence-corrected chi connectivity index (χ2v) is 6.66. The van der Waals surface area contributed by atoms with E-state index in [0.717, 1.165) is 12.3 Å². The first-order valence-corrected chi connectivity index (χ1v) is 7.80. The van der Waals surface area contributed by atoms with Gasteiger partial charge in [0.15, 0.2) is 9.84 Å². The lowest BCUT2D eigenvalue weighted by atomic mass is 10.3. The van der Waals surface area contributed by atoms with Crippen LogP contribution in [0.5, 0.6) is 10.8 Å². The quantitative estimate of drug-likeness (QED) is 0.640. The Morgan fingerprint density at radius 2 is 1.89 bits per heavy atom. The number of hydrogen-bond donors (Lipinski definition) is 0. The monoisotopic (exact) mass is 299 g/mol. The molecule has 1 aromatic heterocycles. The number of nitrogens with zero attached hydrogens (tertiary/aromatic N) is 1. The fraction of sp³-hybridized carbons (Fsp3) is 0.0909. The van der Waals surface area contributed by atoms with E-state index in [4.69, 9.17) is 4.74 Å². The van der Waals surface area contributed by atoms with Crippen molar-refractivity contribution >= 4 is 26.2 Å². The van der Waals surface area contributed by atoms with Crippen LogP contribution < -0.4 is 4.74 Å². The Bertz CT molecular complexity index is 706. The van der Waals surface area contributed by atoms with Gasteiger partial charge in [0.05, 0.1) is 11.0 Å². The summed E-state index contributed by atoms with van der Waals surface area (Å²) in [6.45, 7) is 0. The lowest BCUT2D eigenvalue weighted by Crippen LogP contribution is -1.97. The Kier molecular flexibility index (Phi) is 3.54. The van der Waals surface area contributed by atoms with Gasteiger partial charge in [-0.3, -0.25) is 10.1 Å². The molecule has 0 aliphatic rings. The van der Waals surface area contributed by atoms with Crippen LogP contribution in [0.4, 0.5) is 5.00 Å². The summed E-state index contributed by atoms with van der Waals surface area (Å²) in [5.41, 5.74) is 0. The molecule has 0 fully saturated rings. The Morgan fingerprint density at radius 3 is 2.42 bits per heavy atom. The highest BCUT2D eigenvalue weighted by Gasteiger charge is 2.25. The molecule has 0 radical (unpaired) electrons. The maximum absolute atomic E-state index is 11.6. The summed E-state index contributed by atoms with van der Waals surface area (Å²) in [5, 5.41) is 10.4. The van der Waals surface area contributed by atoms with E-state index in [1.807, 2.05) is 0 Å². The molecule has 0 aliphatic heterocycles. The molecule has 2 aromatic rings. The fourth-order valence-electron chi connectivity index (χ4n) is 1.36. The zero-order chi connectivity index (χ0) is 14.0. The first-order valence-electron chi connectivity index (χ1n) is 5.09. The molecule has 0 unspecified atom stereocenters. The molecule has 0 atom stereocenters. The molecule has 100 valence electrons. The average Bonchev–Trinajstić information content (AvgIpc) is 2.74. The molecule has 0 saturated carbocycles. The van der Waals surface area contributed by atoms with Crippen LogP contribution in [0, 0.1) is 10.1 Å². The number of sulfone groups is 1. The number of rotatable bonds is 4. The summed E-state index contributed by atoms with van der Waals surface area (Å²) in [4.78, 5) is 9.90. The SMILES string of the molecule is CS(=O)(=O)c1cc([N+](=O)[O-])sc1Oc1ccccc1. The summed E-state index contributed by atoms with van der Waals surface area (Å²) >= 11 is 0.689. The van der Waals surface area contributed by atoms with Gasteiger partial charge >= 0.3 is 5.00 Å². The average molecular weight is 299 g/mol. The van der Waals surface area contributed by atoms with Crippen molar-refractivity contribution < 1.29 is 18.1 Å². The maximum Gasteiger partial charge on any atom is 0.328 e. The molecule has 19 heavy (non-hydrogen) atoms. The molecule has 0 bridgehead atoms. The molecule has 0 saturated heterocycles. The predicted molar refractivity (Wildman–Crippen MR) is 70.6 cm³/mol. The van der Waals surface area contributed by atoms with Crippen LogP contribution in [0.1, 0.15) is 0 Å². The van der Waals surface area contributed by atoms with E-state index in [0.29, 0.717) is 17.1 Å². The lowest BCUT2D eigenvalue weighted by Gasteiger charge is -2.03. The first kappa shape index (κ1) is 13.5. The summed E-state index contributed by atoms with van der Waals surface area (Å²) in [7, 11) is -3.59. The Morgan fingerprint density at radius 1 is 1.26 bits per heavy atom. The van der Waals surface area contributed by atoms with Crippen LogP contribution in [-0.4, -0.2) is 19.6 Å². The highest BCUT2D eigenvalue weighted by molar-refractivity contribution is 7.91. The molecular formula is C11H9NO5S2. The molecule has 6 nitrogen and oxygen atoms in total. The van der Waals surface area contributed by atoms with Crippen molar-refractivity contribution in [3.63, 3.8) is 0 Å². The van der Waals surface area contributed by atoms with Gasteiger partial charge in [-0.15, -0.1) is 0 Å². The van der Waals surface area contributed by atoms with E-state index in [-0.39, 0.29) is 15.0 Å². The Hall–Kier alpha value is -1.93. The minimum absolute atomic E-state index is 0.000370. The smallest absolute Gasteiger partial charge is 0.328 e. The van der Waals surface area contributed by atoms with Crippen molar-refractivity contribution in [1.82, 2.24) is 0 Å². The van der Waals surface area contributed by atoms with Gasteiger partial charge in [0.1, 0.15) is 10.6 Å². The number of nitro groups is 1. The van der Waals surface area contributed by atoms with Crippen molar-refractivity contribution in [3.05, 3.63) is 46.5 Å². The summed E-state index contributed by atoms with van der Waals surface area (Å²) < 4.78 is 28.6. The topological polar surface area (TPSA) is 86.5 Å². The fourth-order valence-corrected chi connectivity index (χ4v) is 3.42. The standard InChI is InChI=1S/C11H9NO5S2/c1-19(15,16)9-7-10(12(13)14)18-11(9)17-8-5-3-2-4-6-8/h2-7H,1H3. The normalized spacial score (nSPS) is 11.2. The van der Waals surface area contributed by atoms with Crippen LogP contribution in [0.2, 0.25) is 0 Å². The maximum atomic E-state index is 11.6. The molecule has 2 rings (SSSR count). The Labute approximate surface area is 113 Å². The third-order valence-electron chi connectivity index (χ3n) is 2.19. The predicted octanol–water partition coefficient (Wildman–Crippen LogP) is 2.85. The molecule has 0 spiro atoms. The van der Waals surface area contributed by atoms with Gasteiger partial charge in [0, 0.05) is 6.26 Å². The van der Waals surface area contributed by atoms with E-state index >= 15 is 0 Å². The molecule has 0 amide bonds. The van der Waals surface area contributed by atoms with Crippen LogP contribution in [0.15, 0.2) is 41.3 Å². The van der Waals surface area contributed by atoms with E-state index < -0.39 is 14.8 Å². The zero-order valence-corrected chi connectivity index (χ0v) is 11.4. The van der Waals surface area contributed by atoms with Gasteiger partial charge in [-0.25, -0.2) is 8.42 Å². The third-order valence-corrected chi connectivity index (χ3v) is 4.38. The summed E-state index contributed by atoms with van der Waals surface area (Å²) in [6, 6.07) is 9.50. The van der Waals surface area contributed by atoms with Crippen molar-refractivity contribution in [3.8, 4) is 10.8 Å². The molecule has 8 heteroatoms. The van der Waals surface area contributed by atoms with Gasteiger partial charge in [-0.2, -0.15) is 0 Å². The van der Waals surface area contributed by atoms with Crippen molar-refractivity contribution in [2.45, 2.75) is 4.90 Å². The van der Waals surface area contributed by atoms with Gasteiger partial charge < -0.3 is 4.74 Å². The Balaban J connectivity index is 2.47. The molecular weight excluding hydrogens is 290 g/mol. The van der Waals surface area contributed by atoms with Crippen LogP contribution in [-0.2, 0) is 9.84 Å². The summed E-state index contributed by atoms with van der Waals surface area (Å²) in [5.74, 6) is 0.421. The first-order chi connectivity index (χ1) is 8.88. The van der Waals surface area contributed by atoms with Crippen LogP contribution in [0.3, 0.4) is 0 Å². The lowest BCUT2D eigenvalue weighted by molar-refractivity contribution is -0.380. The second kappa shape index (κ2) is 4.98. The molecule has 1 heterocycles. The van der Waals surface area contributed by atoms with Gasteiger partial charge in [0.2, 0.25) is 5.06 Å². The van der Waals surface area contributed by atoms with E-state index in [9.17, 15) is 18.5 Å². The molecule has 0 N–H and O–H groups in total.